The van der Waals surface area contributed by atoms with E-state index in [1.165, 1.54) is 65.7 Å². The van der Waals surface area contributed by atoms with Gasteiger partial charge in [-0.1, -0.05) is 115 Å². The Morgan fingerprint density at radius 1 is 0.381 bits per heavy atom. The molecular weight excluding hydrogens is 508 g/mol. The predicted molar refractivity (Wildman–Crippen MR) is 179 cm³/mol. The van der Waals surface area contributed by atoms with Gasteiger partial charge in [0.2, 0.25) is 0 Å². The van der Waals surface area contributed by atoms with Crippen molar-refractivity contribution in [2.45, 2.75) is 0 Å². The smallest absolute Gasteiger partial charge is 0.0620 e. The number of fused-ring (bicyclic) bond motifs is 7. The molecule has 0 saturated carbocycles. The van der Waals surface area contributed by atoms with Gasteiger partial charge in [0.05, 0.1) is 22.2 Å². The second-order valence-corrected chi connectivity index (χ2v) is 11.0. The first-order valence-corrected chi connectivity index (χ1v) is 14.5. The van der Waals surface area contributed by atoms with Crippen molar-refractivity contribution in [1.82, 2.24) is 4.40 Å². The summed E-state index contributed by atoms with van der Waals surface area (Å²) in [5.41, 5.74) is 9.66. The van der Waals surface area contributed by atoms with Gasteiger partial charge in [0.25, 0.3) is 0 Å². The summed E-state index contributed by atoms with van der Waals surface area (Å²) in [6.45, 7) is 0. The molecule has 0 radical (unpaired) electrons. The number of hydrogen-bond acceptors (Lipinski definition) is 1. The maximum atomic E-state index is 2.45. The summed E-state index contributed by atoms with van der Waals surface area (Å²) in [5, 5.41) is 7.69. The SMILES string of the molecule is c1ccc(N(c2cccc(-c3ccc4c5cccc6c7ccccc7n(c4c3)c65)c2)c2cccc3ccccc23)cc1. The molecule has 0 aliphatic heterocycles. The fourth-order valence-electron chi connectivity index (χ4n) is 6.84. The molecule has 2 nitrogen and oxygen atoms in total. The van der Waals surface area contributed by atoms with Gasteiger partial charge in [-0.15, -0.1) is 0 Å². The zero-order valence-corrected chi connectivity index (χ0v) is 22.9. The highest BCUT2D eigenvalue weighted by molar-refractivity contribution is 6.23. The number of hydrogen-bond donors (Lipinski definition) is 0. The zero-order chi connectivity index (χ0) is 27.6. The van der Waals surface area contributed by atoms with Crippen molar-refractivity contribution in [2.75, 3.05) is 4.90 Å². The van der Waals surface area contributed by atoms with Crippen LogP contribution in [0.25, 0.3) is 60.0 Å². The van der Waals surface area contributed by atoms with E-state index < -0.39 is 0 Å². The lowest BCUT2D eigenvalue weighted by molar-refractivity contribution is 1.30. The van der Waals surface area contributed by atoms with E-state index in [0.717, 1.165) is 11.4 Å². The van der Waals surface area contributed by atoms with Gasteiger partial charge in [-0.25, -0.2) is 0 Å². The molecule has 0 saturated heterocycles. The van der Waals surface area contributed by atoms with Crippen molar-refractivity contribution < 1.29 is 0 Å². The van der Waals surface area contributed by atoms with Crippen LogP contribution in [0, 0.1) is 0 Å². The van der Waals surface area contributed by atoms with Gasteiger partial charge in [-0.2, -0.15) is 0 Å². The fraction of sp³-hybridized carbons (Fsp3) is 0. The molecule has 2 aromatic heterocycles. The number of anilines is 3. The van der Waals surface area contributed by atoms with Gasteiger partial charge in [0.15, 0.2) is 0 Å². The summed E-state index contributed by atoms with van der Waals surface area (Å²) < 4.78 is 2.45. The maximum Gasteiger partial charge on any atom is 0.0620 e. The number of rotatable bonds is 4. The molecule has 2 heterocycles. The molecule has 2 heteroatoms. The maximum absolute atomic E-state index is 2.45. The fourth-order valence-corrected chi connectivity index (χ4v) is 6.84. The van der Waals surface area contributed by atoms with Crippen molar-refractivity contribution >= 4 is 65.9 Å². The van der Waals surface area contributed by atoms with Crippen LogP contribution in [0.4, 0.5) is 17.1 Å². The zero-order valence-electron chi connectivity index (χ0n) is 22.9. The van der Waals surface area contributed by atoms with Crippen molar-refractivity contribution in [1.29, 1.82) is 0 Å². The Labute approximate surface area is 243 Å². The number of benzene rings is 7. The van der Waals surface area contributed by atoms with Crippen LogP contribution >= 0.6 is 0 Å². The van der Waals surface area contributed by atoms with Gasteiger partial charge in [-0.05, 0) is 59.0 Å². The van der Waals surface area contributed by atoms with Crippen molar-refractivity contribution in [3.8, 4) is 11.1 Å². The highest BCUT2D eigenvalue weighted by atomic mass is 15.1. The number of nitrogens with zero attached hydrogens (tertiary/aromatic N) is 2. The summed E-state index contributed by atoms with van der Waals surface area (Å²) in [5.74, 6) is 0. The normalized spacial score (nSPS) is 11.8. The summed E-state index contributed by atoms with van der Waals surface area (Å²) in [4.78, 5) is 2.37. The first kappa shape index (κ1) is 23.1. The van der Waals surface area contributed by atoms with Gasteiger partial charge < -0.3 is 9.30 Å². The first-order chi connectivity index (χ1) is 20.8. The Bertz CT molecular complexity index is 2410. The van der Waals surface area contributed by atoms with Crippen LogP contribution in [0.3, 0.4) is 0 Å². The average Bonchev–Trinajstić information content (AvgIpc) is 3.58. The molecule has 9 rings (SSSR count). The lowest BCUT2D eigenvalue weighted by Gasteiger charge is -2.27. The van der Waals surface area contributed by atoms with Crippen LogP contribution < -0.4 is 4.90 Å². The average molecular weight is 535 g/mol. The third kappa shape index (κ3) is 3.33. The summed E-state index contributed by atoms with van der Waals surface area (Å²) in [7, 11) is 0. The van der Waals surface area contributed by atoms with Gasteiger partial charge in [0, 0.05) is 38.3 Å². The molecule has 0 unspecified atom stereocenters. The molecule has 42 heavy (non-hydrogen) atoms. The molecule has 0 bridgehead atoms. The van der Waals surface area contributed by atoms with Crippen LogP contribution in [0.1, 0.15) is 0 Å². The van der Waals surface area contributed by atoms with Crippen LogP contribution in [-0.2, 0) is 0 Å². The molecule has 0 atom stereocenters. The molecule has 7 aromatic carbocycles. The van der Waals surface area contributed by atoms with E-state index >= 15 is 0 Å². The minimum atomic E-state index is 1.13. The molecule has 0 fully saturated rings. The van der Waals surface area contributed by atoms with Crippen molar-refractivity contribution in [3.05, 3.63) is 158 Å². The highest BCUT2D eigenvalue weighted by Gasteiger charge is 2.18. The van der Waals surface area contributed by atoms with E-state index in [9.17, 15) is 0 Å². The molecule has 9 aromatic rings. The molecule has 0 aliphatic carbocycles. The Hall–Kier alpha value is -5.60. The second-order valence-electron chi connectivity index (χ2n) is 11.0. The largest absolute Gasteiger partial charge is 0.310 e. The molecule has 0 amide bonds. The third-order valence-electron chi connectivity index (χ3n) is 8.68. The molecule has 196 valence electrons. The van der Waals surface area contributed by atoms with E-state index in [0.29, 0.717) is 0 Å². The monoisotopic (exact) mass is 534 g/mol. The lowest BCUT2D eigenvalue weighted by Crippen LogP contribution is -2.10. The van der Waals surface area contributed by atoms with Crippen LogP contribution in [-0.4, -0.2) is 4.40 Å². The molecule has 0 aliphatic rings. The summed E-state index contributed by atoms with van der Waals surface area (Å²) in [6.07, 6.45) is 0. The molecule has 0 spiro atoms. The Morgan fingerprint density at radius 3 is 1.88 bits per heavy atom. The molecule has 0 N–H and O–H groups in total. The van der Waals surface area contributed by atoms with Gasteiger partial charge in [0.1, 0.15) is 0 Å². The van der Waals surface area contributed by atoms with E-state index in [2.05, 4.69) is 167 Å². The molecular formula is C40H26N2. The van der Waals surface area contributed by atoms with E-state index in [1.54, 1.807) is 0 Å². The van der Waals surface area contributed by atoms with Gasteiger partial charge >= 0.3 is 0 Å². The standard InChI is InChI=1S/C40H26N2/c1-2-14-30(15-3-1)41(37-22-9-12-27-11-4-5-17-32(27)37)31-16-8-13-28(25-31)29-23-24-34-36-20-10-19-35-33-18-6-7-21-38(33)42(40(35)36)39(34)26-29/h1-26H. The van der Waals surface area contributed by atoms with Crippen molar-refractivity contribution in [2.24, 2.45) is 0 Å². The lowest BCUT2D eigenvalue weighted by atomic mass is 10.0. The third-order valence-corrected chi connectivity index (χ3v) is 8.68. The predicted octanol–water partition coefficient (Wildman–Crippen LogP) is 11.1. The summed E-state index contributed by atoms with van der Waals surface area (Å²) in [6, 6.07) is 57.2. The Balaban J connectivity index is 1.26. The first-order valence-electron chi connectivity index (χ1n) is 14.5. The quantitative estimate of drug-likeness (QED) is 0.218. The topological polar surface area (TPSA) is 7.65 Å². The van der Waals surface area contributed by atoms with Crippen molar-refractivity contribution in [3.63, 3.8) is 0 Å². The van der Waals surface area contributed by atoms with E-state index in [-0.39, 0.29) is 0 Å². The Morgan fingerprint density at radius 2 is 1.00 bits per heavy atom. The van der Waals surface area contributed by atoms with E-state index in [1.807, 2.05) is 0 Å². The Kier molecular flexibility index (Phi) is 4.93. The second kappa shape index (κ2) is 8.95. The minimum Gasteiger partial charge on any atom is -0.310 e. The summed E-state index contributed by atoms with van der Waals surface area (Å²) >= 11 is 0. The minimum absolute atomic E-state index is 1.13. The van der Waals surface area contributed by atoms with Crippen LogP contribution in [0.2, 0.25) is 0 Å². The van der Waals surface area contributed by atoms with Crippen LogP contribution in [0.15, 0.2) is 158 Å². The van der Waals surface area contributed by atoms with Gasteiger partial charge in [-0.3, -0.25) is 0 Å². The van der Waals surface area contributed by atoms with Crippen LogP contribution in [0.5, 0.6) is 0 Å². The number of para-hydroxylation sites is 3. The van der Waals surface area contributed by atoms with E-state index in [4.69, 9.17) is 0 Å². The number of aromatic nitrogens is 1. The highest BCUT2D eigenvalue weighted by Crippen LogP contribution is 2.42.